The molecule has 0 N–H and O–H groups in total. The molecule has 0 saturated heterocycles. The Kier molecular flexibility index (Phi) is 3.59. The lowest BCUT2D eigenvalue weighted by Gasteiger charge is -2.07. The van der Waals surface area contributed by atoms with Crippen LogP contribution in [0.1, 0.15) is 25.3 Å². The first-order valence-corrected chi connectivity index (χ1v) is 5.80. The van der Waals surface area contributed by atoms with E-state index in [0.29, 0.717) is 17.0 Å². The zero-order chi connectivity index (χ0) is 12.3. The predicted octanol–water partition coefficient (Wildman–Crippen LogP) is 4.05. The van der Waals surface area contributed by atoms with Gasteiger partial charge < -0.3 is 4.74 Å². The van der Waals surface area contributed by atoms with Crippen molar-refractivity contribution in [2.75, 3.05) is 0 Å². The van der Waals surface area contributed by atoms with Gasteiger partial charge in [0.2, 0.25) is 5.88 Å². The molecule has 0 unspecified atom stereocenters. The summed E-state index contributed by atoms with van der Waals surface area (Å²) >= 11 is 5.64. The van der Waals surface area contributed by atoms with E-state index in [2.05, 4.69) is 24.0 Å². The van der Waals surface area contributed by atoms with E-state index < -0.39 is 0 Å². The summed E-state index contributed by atoms with van der Waals surface area (Å²) in [5, 5.41) is 7.89. The van der Waals surface area contributed by atoms with Gasteiger partial charge in [-0.1, -0.05) is 37.6 Å². The number of benzene rings is 1. The average Bonchev–Trinajstić information content (AvgIpc) is 2.33. The number of hydrogen-bond donors (Lipinski definition) is 0. The predicted molar refractivity (Wildman–Crippen MR) is 67.6 cm³/mol. The molecule has 88 valence electrons. The van der Waals surface area contributed by atoms with Gasteiger partial charge in [0.25, 0.3) is 0 Å². The molecule has 0 bridgehead atoms. The molecule has 0 aliphatic rings. The summed E-state index contributed by atoms with van der Waals surface area (Å²) in [6.45, 7) is 4.31. The topological polar surface area (TPSA) is 35.0 Å². The van der Waals surface area contributed by atoms with Crippen LogP contribution < -0.4 is 4.74 Å². The maximum absolute atomic E-state index is 5.64. The van der Waals surface area contributed by atoms with E-state index in [1.807, 2.05) is 24.3 Å². The highest BCUT2D eigenvalue weighted by molar-refractivity contribution is 6.29. The lowest BCUT2D eigenvalue weighted by Crippen LogP contribution is -1.91. The van der Waals surface area contributed by atoms with Gasteiger partial charge in [0.1, 0.15) is 5.75 Å². The van der Waals surface area contributed by atoms with Crippen LogP contribution >= 0.6 is 11.6 Å². The quantitative estimate of drug-likeness (QED) is 0.822. The van der Waals surface area contributed by atoms with Crippen molar-refractivity contribution >= 4 is 11.6 Å². The van der Waals surface area contributed by atoms with Crippen molar-refractivity contribution < 1.29 is 4.74 Å². The molecule has 3 nitrogen and oxygen atoms in total. The second kappa shape index (κ2) is 5.15. The fourth-order valence-electron chi connectivity index (χ4n) is 1.40. The van der Waals surface area contributed by atoms with E-state index in [4.69, 9.17) is 16.3 Å². The summed E-state index contributed by atoms with van der Waals surface area (Å²) < 4.78 is 5.54. The smallest absolute Gasteiger partial charge is 0.238 e. The lowest BCUT2D eigenvalue weighted by atomic mass is 10.0. The van der Waals surface area contributed by atoms with Crippen molar-refractivity contribution in [2.45, 2.75) is 19.8 Å². The van der Waals surface area contributed by atoms with Gasteiger partial charge in [-0.2, -0.15) is 0 Å². The first kappa shape index (κ1) is 11.9. The van der Waals surface area contributed by atoms with Crippen LogP contribution in [-0.2, 0) is 0 Å². The van der Waals surface area contributed by atoms with Crippen LogP contribution in [-0.4, -0.2) is 10.2 Å². The van der Waals surface area contributed by atoms with Gasteiger partial charge in [0.05, 0.1) is 0 Å². The molecule has 17 heavy (non-hydrogen) atoms. The molecule has 1 aromatic carbocycles. The van der Waals surface area contributed by atoms with E-state index >= 15 is 0 Å². The first-order chi connectivity index (χ1) is 8.15. The molecule has 0 amide bonds. The minimum atomic E-state index is 0.354. The molecule has 0 saturated carbocycles. The van der Waals surface area contributed by atoms with Crippen LogP contribution in [0.5, 0.6) is 11.6 Å². The molecule has 0 fully saturated rings. The van der Waals surface area contributed by atoms with Crippen molar-refractivity contribution in [3.63, 3.8) is 0 Å². The number of halogens is 1. The van der Waals surface area contributed by atoms with Crippen LogP contribution in [0.25, 0.3) is 0 Å². The van der Waals surface area contributed by atoms with Gasteiger partial charge in [0.15, 0.2) is 5.15 Å². The minimum Gasteiger partial charge on any atom is -0.438 e. The standard InChI is InChI=1S/C13H13ClN2O/c1-9(2)10-3-5-11(6-4-10)17-13-8-7-12(14)15-16-13/h3-9H,1-2H3. The molecule has 0 radical (unpaired) electrons. The van der Waals surface area contributed by atoms with Crippen molar-refractivity contribution in [3.05, 3.63) is 47.1 Å². The Morgan fingerprint density at radius 3 is 2.24 bits per heavy atom. The number of aromatic nitrogens is 2. The molecule has 0 aliphatic carbocycles. The number of hydrogen-bond acceptors (Lipinski definition) is 3. The number of ether oxygens (including phenoxy) is 1. The highest BCUT2D eigenvalue weighted by Gasteiger charge is 2.02. The van der Waals surface area contributed by atoms with Crippen LogP contribution in [0, 0.1) is 0 Å². The van der Waals surface area contributed by atoms with Gasteiger partial charge in [-0.05, 0) is 29.7 Å². The number of nitrogens with zero attached hydrogens (tertiary/aromatic N) is 2. The van der Waals surface area contributed by atoms with Gasteiger partial charge in [-0.15, -0.1) is 10.2 Å². The van der Waals surface area contributed by atoms with E-state index in [1.165, 1.54) is 5.56 Å². The monoisotopic (exact) mass is 248 g/mol. The Labute approximate surface area is 105 Å². The summed E-state index contributed by atoms with van der Waals surface area (Å²) in [6, 6.07) is 11.3. The highest BCUT2D eigenvalue weighted by Crippen LogP contribution is 2.22. The summed E-state index contributed by atoms with van der Waals surface area (Å²) in [6.07, 6.45) is 0. The third-order valence-corrected chi connectivity index (χ3v) is 2.58. The molecule has 1 heterocycles. The molecule has 2 aromatic rings. The maximum Gasteiger partial charge on any atom is 0.238 e. The van der Waals surface area contributed by atoms with E-state index in [1.54, 1.807) is 12.1 Å². The Bertz CT molecular complexity index is 480. The van der Waals surface area contributed by atoms with Gasteiger partial charge in [-0.3, -0.25) is 0 Å². The Morgan fingerprint density at radius 1 is 1.00 bits per heavy atom. The molecule has 4 heteroatoms. The summed E-state index contributed by atoms with van der Waals surface area (Å²) in [7, 11) is 0. The molecule has 0 atom stereocenters. The zero-order valence-corrected chi connectivity index (χ0v) is 10.5. The molecule has 2 rings (SSSR count). The lowest BCUT2D eigenvalue weighted by molar-refractivity contribution is 0.455. The highest BCUT2D eigenvalue weighted by atomic mass is 35.5. The van der Waals surface area contributed by atoms with Crippen molar-refractivity contribution in [2.24, 2.45) is 0 Å². The molecule has 0 aliphatic heterocycles. The fourth-order valence-corrected chi connectivity index (χ4v) is 1.50. The van der Waals surface area contributed by atoms with E-state index in [-0.39, 0.29) is 0 Å². The van der Waals surface area contributed by atoms with Crippen LogP contribution in [0.2, 0.25) is 5.15 Å². The normalized spacial score (nSPS) is 10.6. The van der Waals surface area contributed by atoms with Gasteiger partial charge in [-0.25, -0.2) is 0 Å². The second-order valence-electron chi connectivity index (χ2n) is 4.02. The second-order valence-corrected chi connectivity index (χ2v) is 4.41. The van der Waals surface area contributed by atoms with Gasteiger partial charge in [0, 0.05) is 6.07 Å². The maximum atomic E-state index is 5.64. The third kappa shape index (κ3) is 3.17. The first-order valence-electron chi connectivity index (χ1n) is 5.42. The Morgan fingerprint density at radius 2 is 1.71 bits per heavy atom. The van der Waals surface area contributed by atoms with Crippen LogP contribution in [0.3, 0.4) is 0 Å². The Balaban J connectivity index is 2.11. The summed E-state index contributed by atoms with van der Waals surface area (Å²) in [4.78, 5) is 0. The average molecular weight is 249 g/mol. The number of rotatable bonds is 3. The van der Waals surface area contributed by atoms with E-state index in [0.717, 1.165) is 5.75 Å². The summed E-state index contributed by atoms with van der Waals surface area (Å²) in [5.41, 5.74) is 1.28. The van der Waals surface area contributed by atoms with E-state index in [9.17, 15) is 0 Å². The SMILES string of the molecule is CC(C)c1ccc(Oc2ccc(Cl)nn2)cc1. The molecule has 0 spiro atoms. The van der Waals surface area contributed by atoms with Gasteiger partial charge >= 0.3 is 0 Å². The zero-order valence-electron chi connectivity index (χ0n) is 9.72. The molecule has 1 aromatic heterocycles. The molecular weight excluding hydrogens is 236 g/mol. The van der Waals surface area contributed by atoms with Crippen LogP contribution in [0.15, 0.2) is 36.4 Å². The minimum absolute atomic E-state index is 0.354. The molecular formula is C13H13ClN2O. The van der Waals surface area contributed by atoms with Crippen molar-refractivity contribution in [1.82, 2.24) is 10.2 Å². The Hall–Kier alpha value is -1.61. The largest absolute Gasteiger partial charge is 0.438 e. The van der Waals surface area contributed by atoms with Crippen molar-refractivity contribution in [1.29, 1.82) is 0 Å². The van der Waals surface area contributed by atoms with Crippen molar-refractivity contribution in [3.8, 4) is 11.6 Å². The summed E-state index contributed by atoms with van der Waals surface area (Å²) in [5.74, 6) is 1.69. The third-order valence-electron chi connectivity index (χ3n) is 2.38. The fraction of sp³-hybridized carbons (Fsp3) is 0.231. The van der Waals surface area contributed by atoms with Crippen LogP contribution in [0.4, 0.5) is 0 Å².